The summed E-state index contributed by atoms with van der Waals surface area (Å²) >= 11 is 3.61. The number of rotatable bonds is 3. The van der Waals surface area contributed by atoms with Crippen LogP contribution in [0.2, 0.25) is 0 Å². The topological polar surface area (TPSA) is 9.23 Å². The van der Waals surface area contributed by atoms with Crippen LogP contribution in [0.25, 0.3) is 6.08 Å². The Kier molecular flexibility index (Phi) is 3.43. The van der Waals surface area contributed by atoms with Gasteiger partial charge in [-0.1, -0.05) is 51.8 Å². The Balaban J connectivity index is 1.82. The lowest BCUT2D eigenvalue weighted by Gasteiger charge is -2.05. The number of benzene rings is 2. The number of methoxy groups -OCH3 is 1. The van der Waals surface area contributed by atoms with Gasteiger partial charge in [0.2, 0.25) is 0 Å². The van der Waals surface area contributed by atoms with Gasteiger partial charge in [-0.2, -0.15) is 0 Å². The molecule has 19 heavy (non-hydrogen) atoms. The van der Waals surface area contributed by atoms with E-state index >= 15 is 0 Å². The highest BCUT2D eigenvalue weighted by Gasteiger charge is 2.14. The minimum atomic E-state index is 0.939. The number of hydrogen-bond acceptors (Lipinski definition) is 1. The quantitative estimate of drug-likeness (QED) is 0.802. The molecule has 0 bridgehead atoms. The summed E-state index contributed by atoms with van der Waals surface area (Å²) < 4.78 is 6.47. The Morgan fingerprint density at radius 1 is 1.16 bits per heavy atom. The van der Waals surface area contributed by atoms with E-state index in [4.69, 9.17) is 4.74 Å². The summed E-state index contributed by atoms with van der Waals surface area (Å²) in [7, 11) is 1.71. The maximum atomic E-state index is 5.28. The van der Waals surface area contributed by atoms with Crippen LogP contribution in [0, 0.1) is 0 Å². The third kappa shape index (κ3) is 2.59. The van der Waals surface area contributed by atoms with Crippen LogP contribution >= 0.6 is 15.9 Å². The predicted octanol–water partition coefficient (Wildman–Crippen LogP) is 4.64. The van der Waals surface area contributed by atoms with E-state index < -0.39 is 0 Å². The van der Waals surface area contributed by atoms with Gasteiger partial charge in [0, 0.05) is 4.47 Å². The normalized spacial score (nSPS) is 13.1. The standard InChI is InChI=1S/C17H15BrO/c1-19-16-7-6-13-8-12(10-15(13)11-16)9-14-4-2-3-5-17(14)18/h2-8,11H,9-10H2,1H3. The van der Waals surface area contributed by atoms with Crippen LogP contribution in [0.5, 0.6) is 5.75 Å². The summed E-state index contributed by atoms with van der Waals surface area (Å²) in [5.74, 6) is 0.939. The van der Waals surface area contributed by atoms with Crippen molar-refractivity contribution in [3.8, 4) is 5.75 Å². The molecule has 1 aliphatic carbocycles. The van der Waals surface area contributed by atoms with E-state index in [1.807, 2.05) is 6.07 Å². The molecule has 2 heteroatoms. The molecule has 96 valence electrons. The summed E-state index contributed by atoms with van der Waals surface area (Å²) in [6, 6.07) is 14.7. The van der Waals surface area contributed by atoms with Crippen molar-refractivity contribution in [1.29, 1.82) is 0 Å². The highest BCUT2D eigenvalue weighted by Crippen LogP contribution is 2.31. The highest BCUT2D eigenvalue weighted by atomic mass is 79.9. The molecular formula is C17H15BrO. The van der Waals surface area contributed by atoms with Crippen molar-refractivity contribution in [3.05, 3.63) is 69.2 Å². The van der Waals surface area contributed by atoms with Crippen molar-refractivity contribution in [2.24, 2.45) is 0 Å². The lowest BCUT2D eigenvalue weighted by atomic mass is 10.0. The van der Waals surface area contributed by atoms with E-state index in [2.05, 4.69) is 58.4 Å². The van der Waals surface area contributed by atoms with Crippen molar-refractivity contribution >= 4 is 22.0 Å². The molecular weight excluding hydrogens is 300 g/mol. The van der Waals surface area contributed by atoms with E-state index in [1.54, 1.807) is 7.11 Å². The summed E-state index contributed by atoms with van der Waals surface area (Å²) in [6.45, 7) is 0. The largest absolute Gasteiger partial charge is 0.497 e. The number of allylic oxidation sites excluding steroid dienone is 1. The first kappa shape index (κ1) is 12.5. The maximum absolute atomic E-state index is 5.28. The molecule has 0 spiro atoms. The van der Waals surface area contributed by atoms with Crippen LogP contribution in [0.4, 0.5) is 0 Å². The van der Waals surface area contributed by atoms with Crippen molar-refractivity contribution in [1.82, 2.24) is 0 Å². The van der Waals surface area contributed by atoms with Gasteiger partial charge in [-0.15, -0.1) is 0 Å². The van der Waals surface area contributed by atoms with Crippen LogP contribution in [0.15, 0.2) is 52.5 Å². The molecule has 0 amide bonds. The highest BCUT2D eigenvalue weighted by molar-refractivity contribution is 9.10. The molecule has 1 nitrogen and oxygen atoms in total. The van der Waals surface area contributed by atoms with E-state index in [0.29, 0.717) is 0 Å². The van der Waals surface area contributed by atoms with Crippen LogP contribution < -0.4 is 4.74 Å². The van der Waals surface area contributed by atoms with Gasteiger partial charge in [0.15, 0.2) is 0 Å². The third-order valence-electron chi connectivity index (χ3n) is 3.50. The van der Waals surface area contributed by atoms with Gasteiger partial charge >= 0.3 is 0 Å². The van der Waals surface area contributed by atoms with Crippen molar-refractivity contribution < 1.29 is 4.74 Å². The molecule has 0 atom stereocenters. The zero-order chi connectivity index (χ0) is 13.2. The molecule has 0 saturated heterocycles. The Labute approximate surface area is 122 Å². The average Bonchev–Trinajstić information content (AvgIpc) is 2.82. The molecule has 0 saturated carbocycles. The molecule has 0 fully saturated rings. The zero-order valence-electron chi connectivity index (χ0n) is 10.8. The van der Waals surface area contributed by atoms with E-state index in [0.717, 1.165) is 18.6 Å². The summed E-state index contributed by atoms with van der Waals surface area (Å²) in [5.41, 5.74) is 5.48. The molecule has 2 aromatic rings. The monoisotopic (exact) mass is 314 g/mol. The van der Waals surface area contributed by atoms with E-state index in [1.165, 1.54) is 26.7 Å². The second-order valence-electron chi connectivity index (χ2n) is 4.81. The van der Waals surface area contributed by atoms with Gasteiger partial charge in [0.05, 0.1) is 7.11 Å². The number of hydrogen-bond donors (Lipinski definition) is 0. The third-order valence-corrected chi connectivity index (χ3v) is 4.28. The first-order valence-electron chi connectivity index (χ1n) is 6.36. The second-order valence-corrected chi connectivity index (χ2v) is 5.67. The molecule has 3 rings (SSSR count). The van der Waals surface area contributed by atoms with Gasteiger partial charge in [0.1, 0.15) is 5.75 Å². The van der Waals surface area contributed by atoms with Crippen LogP contribution in [-0.4, -0.2) is 7.11 Å². The summed E-state index contributed by atoms with van der Waals surface area (Å²) in [4.78, 5) is 0. The van der Waals surface area contributed by atoms with Crippen molar-refractivity contribution in [2.45, 2.75) is 12.8 Å². The Hall–Kier alpha value is -1.54. The summed E-state index contributed by atoms with van der Waals surface area (Å²) in [5, 5.41) is 0. The molecule has 1 aliphatic rings. The molecule has 2 aromatic carbocycles. The SMILES string of the molecule is COc1ccc2c(c1)CC(Cc1ccccc1Br)=C2. The van der Waals surface area contributed by atoms with Gasteiger partial charge in [-0.3, -0.25) is 0 Å². The van der Waals surface area contributed by atoms with Crippen LogP contribution in [0.1, 0.15) is 16.7 Å². The lowest BCUT2D eigenvalue weighted by molar-refractivity contribution is 0.414. The fourth-order valence-electron chi connectivity index (χ4n) is 2.52. The van der Waals surface area contributed by atoms with E-state index in [9.17, 15) is 0 Å². The fraction of sp³-hybridized carbons (Fsp3) is 0.176. The number of ether oxygens (including phenoxy) is 1. The Morgan fingerprint density at radius 3 is 2.79 bits per heavy atom. The molecule has 0 aromatic heterocycles. The number of fused-ring (bicyclic) bond motifs is 1. The van der Waals surface area contributed by atoms with Gasteiger partial charge in [-0.25, -0.2) is 0 Å². The predicted molar refractivity (Wildman–Crippen MR) is 82.5 cm³/mol. The molecule has 0 N–H and O–H groups in total. The van der Waals surface area contributed by atoms with Gasteiger partial charge in [0.25, 0.3) is 0 Å². The molecule has 0 aliphatic heterocycles. The maximum Gasteiger partial charge on any atom is 0.119 e. The van der Waals surface area contributed by atoms with E-state index in [-0.39, 0.29) is 0 Å². The van der Waals surface area contributed by atoms with Crippen molar-refractivity contribution in [3.63, 3.8) is 0 Å². The Bertz CT molecular complexity index is 643. The average molecular weight is 315 g/mol. The fourth-order valence-corrected chi connectivity index (χ4v) is 2.94. The molecule has 0 unspecified atom stereocenters. The molecule has 0 heterocycles. The van der Waals surface area contributed by atoms with Crippen LogP contribution in [0.3, 0.4) is 0 Å². The number of halogens is 1. The summed E-state index contributed by atoms with van der Waals surface area (Å²) in [6.07, 6.45) is 4.32. The van der Waals surface area contributed by atoms with Crippen LogP contribution in [-0.2, 0) is 12.8 Å². The smallest absolute Gasteiger partial charge is 0.119 e. The molecule has 0 radical (unpaired) electrons. The first-order valence-corrected chi connectivity index (χ1v) is 7.15. The first-order chi connectivity index (χ1) is 9.26. The van der Waals surface area contributed by atoms with Crippen molar-refractivity contribution in [2.75, 3.05) is 7.11 Å². The van der Waals surface area contributed by atoms with Gasteiger partial charge in [-0.05, 0) is 47.7 Å². The minimum Gasteiger partial charge on any atom is -0.497 e. The van der Waals surface area contributed by atoms with Gasteiger partial charge < -0.3 is 4.74 Å². The minimum absolute atomic E-state index is 0.939. The lowest BCUT2D eigenvalue weighted by Crippen LogP contribution is -1.92. The second kappa shape index (κ2) is 5.22. The zero-order valence-corrected chi connectivity index (χ0v) is 12.4. The Morgan fingerprint density at radius 2 is 2.00 bits per heavy atom.